The molecule has 0 radical (unpaired) electrons. The first-order chi connectivity index (χ1) is 12.3. The molecule has 2 heterocycles. The highest BCUT2D eigenvalue weighted by Gasteiger charge is 2.25. The lowest BCUT2D eigenvalue weighted by atomic mass is 9.99. The molecule has 2 aromatic rings. The Hall–Kier alpha value is -1.83. The van der Waals surface area contributed by atoms with Crippen LogP contribution in [-0.2, 0) is 6.54 Å². The Balaban J connectivity index is 0.00000243. The summed E-state index contributed by atoms with van der Waals surface area (Å²) in [5.41, 5.74) is 2.45. The van der Waals surface area contributed by atoms with Crippen LogP contribution in [0.2, 0.25) is 0 Å². The lowest BCUT2D eigenvalue weighted by molar-refractivity contribution is 0.322. The molecule has 140 valence electrons. The molecule has 0 amide bonds. The predicted octanol–water partition coefficient (Wildman–Crippen LogP) is 3.66. The van der Waals surface area contributed by atoms with Crippen molar-refractivity contribution in [1.82, 2.24) is 15.2 Å². The van der Waals surface area contributed by atoms with Gasteiger partial charge in [-0.2, -0.15) is 0 Å². The van der Waals surface area contributed by atoms with E-state index in [1.807, 2.05) is 26.1 Å². The van der Waals surface area contributed by atoms with Crippen LogP contribution in [-0.4, -0.2) is 42.6 Å². The van der Waals surface area contributed by atoms with Crippen LogP contribution in [0.5, 0.6) is 5.88 Å². The van der Waals surface area contributed by atoms with Crippen molar-refractivity contribution in [2.24, 2.45) is 4.99 Å². The Labute approximate surface area is 172 Å². The van der Waals surface area contributed by atoms with E-state index in [1.54, 1.807) is 6.20 Å². The van der Waals surface area contributed by atoms with Crippen LogP contribution in [0.15, 0.2) is 53.7 Å². The quantitative estimate of drug-likeness (QED) is 0.415. The van der Waals surface area contributed by atoms with E-state index in [-0.39, 0.29) is 24.0 Å². The fraction of sp³-hybridized carbons (Fsp3) is 0.400. The standard InChI is InChI=1S/C20H26N4O.HI/c1-3-25-19-17(10-7-12-22-19)14-23-20(21-2)24-13-11-18(15-24)16-8-5-4-6-9-16;/h4-10,12,18H,3,11,13-15H2,1-2H3,(H,21,23);1H. The number of guanidine groups is 1. The summed E-state index contributed by atoms with van der Waals surface area (Å²) in [7, 11) is 1.84. The number of likely N-dealkylation sites (tertiary alicyclic amines) is 1. The maximum absolute atomic E-state index is 5.60. The van der Waals surface area contributed by atoms with Crippen molar-refractivity contribution in [3.8, 4) is 5.88 Å². The van der Waals surface area contributed by atoms with E-state index >= 15 is 0 Å². The molecule has 26 heavy (non-hydrogen) atoms. The summed E-state index contributed by atoms with van der Waals surface area (Å²) in [6.07, 6.45) is 2.91. The van der Waals surface area contributed by atoms with Gasteiger partial charge in [0.25, 0.3) is 0 Å². The van der Waals surface area contributed by atoms with Gasteiger partial charge in [-0.15, -0.1) is 24.0 Å². The van der Waals surface area contributed by atoms with Gasteiger partial charge in [-0.25, -0.2) is 4.98 Å². The normalized spacial score (nSPS) is 16.9. The van der Waals surface area contributed by atoms with Crippen molar-refractivity contribution in [3.05, 3.63) is 59.8 Å². The van der Waals surface area contributed by atoms with Gasteiger partial charge in [-0.3, -0.25) is 4.99 Å². The molecule has 3 rings (SSSR count). The second-order valence-electron chi connectivity index (χ2n) is 6.14. The van der Waals surface area contributed by atoms with Gasteiger partial charge in [0.15, 0.2) is 5.96 Å². The highest BCUT2D eigenvalue weighted by atomic mass is 127. The van der Waals surface area contributed by atoms with E-state index in [1.165, 1.54) is 5.56 Å². The first-order valence-electron chi connectivity index (χ1n) is 8.89. The lowest BCUT2D eigenvalue weighted by Crippen LogP contribution is -2.39. The van der Waals surface area contributed by atoms with Crippen LogP contribution in [0.4, 0.5) is 0 Å². The molecule has 1 aliphatic rings. The number of nitrogens with zero attached hydrogens (tertiary/aromatic N) is 3. The fourth-order valence-electron chi connectivity index (χ4n) is 3.28. The molecule has 1 aliphatic heterocycles. The molecule has 1 fully saturated rings. The molecule has 1 atom stereocenters. The molecule has 0 aliphatic carbocycles. The topological polar surface area (TPSA) is 49.8 Å². The maximum atomic E-state index is 5.60. The Kier molecular flexibility index (Phi) is 8.15. The molecule has 1 N–H and O–H groups in total. The molecule has 1 unspecified atom stereocenters. The van der Waals surface area contributed by atoms with Crippen molar-refractivity contribution in [2.45, 2.75) is 25.8 Å². The van der Waals surface area contributed by atoms with E-state index in [0.29, 0.717) is 24.9 Å². The minimum absolute atomic E-state index is 0. The van der Waals surface area contributed by atoms with E-state index < -0.39 is 0 Å². The molecule has 0 spiro atoms. The van der Waals surface area contributed by atoms with Crippen LogP contribution < -0.4 is 10.1 Å². The van der Waals surface area contributed by atoms with Crippen molar-refractivity contribution in [3.63, 3.8) is 0 Å². The van der Waals surface area contributed by atoms with Crippen molar-refractivity contribution < 1.29 is 4.74 Å². The van der Waals surface area contributed by atoms with Crippen LogP contribution in [0.25, 0.3) is 0 Å². The molecule has 1 aromatic carbocycles. The number of benzene rings is 1. The number of hydrogen-bond acceptors (Lipinski definition) is 3. The van der Waals surface area contributed by atoms with Gasteiger partial charge in [0.1, 0.15) is 0 Å². The molecule has 6 heteroatoms. The zero-order valence-electron chi connectivity index (χ0n) is 15.4. The average Bonchev–Trinajstić information content (AvgIpc) is 3.14. The van der Waals surface area contributed by atoms with Crippen molar-refractivity contribution >= 4 is 29.9 Å². The summed E-state index contributed by atoms with van der Waals surface area (Å²) in [6, 6.07) is 14.7. The third kappa shape index (κ3) is 5.09. The van der Waals surface area contributed by atoms with Crippen LogP contribution in [0, 0.1) is 0 Å². The smallest absolute Gasteiger partial charge is 0.218 e. The zero-order chi connectivity index (χ0) is 17.5. The van der Waals surface area contributed by atoms with Gasteiger partial charge in [0.05, 0.1) is 6.61 Å². The number of rotatable bonds is 5. The minimum atomic E-state index is 0. The monoisotopic (exact) mass is 466 g/mol. The van der Waals surface area contributed by atoms with Gasteiger partial charge >= 0.3 is 0 Å². The SMILES string of the molecule is CCOc1ncccc1CNC(=NC)N1CCC(c2ccccc2)C1.I. The summed E-state index contributed by atoms with van der Waals surface area (Å²) >= 11 is 0. The number of halogens is 1. The van der Waals surface area contributed by atoms with E-state index in [9.17, 15) is 0 Å². The lowest BCUT2D eigenvalue weighted by Gasteiger charge is -2.22. The minimum Gasteiger partial charge on any atom is -0.478 e. The summed E-state index contributed by atoms with van der Waals surface area (Å²) < 4.78 is 5.60. The van der Waals surface area contributed by atoms with Gasteiger partial charge in [0, 0.05) is 44.4 Å². The van der Waals surface area contributed by atoms with E-state index in [0.717, 1.165) is 31.0 Å². The number of aliphatic imine (C=N–C) groups is 1. The van der Waals surface area contributed by atoms with E-state index in [2.05, 4.69) is 50.5 Å². The highest BCUT2D eigenvalue weighted by Crippen LogP contribution is 2.27. The second kappa shape index (κ2) is 10.4. The fourth-order valence-corrected chi connectivity index (χ4v) is 3.28. The Morgan fingerprint density at radius 1 is 1.27 bits per heavy atom. The maximum Gasteiger partial charge on any atom is 0.218 e. The third-order valence-corrected chi connectivity index (χ3v) is 4.54. The zero-order valence-corrected chi connectivity index (χ0v) is 17.7. The molecule has 0 bridgehead atoms. The van der Waals surface area contributed by atoms with Crippen molar-refractivity contribution in [1.29, 1.82) is 0 Å². The van der Waals surface area contributed by atoms with E-state index in [4.69, 9.17) is 4.74 Å². The second-order valence-corrected chi connectivity index (χ2v) is 6.14. The first-order valence-corrected chi connectivity index (χ1v) is 8.89. The average molecular weight is 466 g/mol. The van der Waals surface area contributed by atoms with Gasteiger partial charge in [0.2, 0.25) is 5.88 Å². The molecule has 1 saturated heterocycles. The Morgan fingerprint density at radius 2 is 2.08 bits per heavy atom. The van der Waals surface area contributed by atoms with Gasteiger partial charge in [-0.1, -0.05) is 36.4 Å². The summed E-state index contributed by atoms with van der Waals surface area (Å²) in [5, 5.41) is 3.45. The molecule has 1 aromatic heterocycles. The summed E-state index contributed by atoms with van der Waals surface area (Å²) in [6.45, 7) is 5.25. The van der Waals surface area contributed by atoms with Crippen LogP contribution >= 0.6 is 24.0 Å². The predicted molar refractivity (Wildman–Crippen MR) is 116 cm³/mol. The van der Waals surface area contributed by atoms with Crippen molar-refractivity contribution in [2.75, 3.05) is 26.7 Å². The Bertz CT molecular complexity index is 708. The molecule has 0 saturated carbocycles. The number of aromatic nitrogens is 1. The summed E-state index contributed by atoms with van der Waals surface area (Å²) in [4.78, 5) is 11.1. The highest BCUT2D eigenvalue weighted by molar-refractivity contribution is 14.0. The largest absolute Gasteiger partial charge is 0.478 e. The first kappa shape index (κ1) is 20.5. The number of ether oxygens (including phenoxy) is 1. The number of pyridine rings is 1. The van der Waals surface area contributed by atoms with Gasteiger partial charge in [-0.05, 0) is 25.0 Å². The number of hydrogen-bond donors (Lipinski definition) is 1. The van der Waals surface area contributed by atoms with Crippen LogP contribution in [0.1, 0.15) is 30.4 Å². The van der Waals surface area contributed by atoms with Crippen LogP contribution in [0.3, 0.4) is 0 Å². The van der Waals surface area contributed by atoms with Gasteiger partial charge < -0.3 is 15.0 Å². The molecular formula is C20H27IN4O. The molecule has 5 nitrogen and oxygen atoms in total. The third-order valence-electron chi connectivity index (χ3n) is 4.54. The number of nitrogens with one attached hydrogen (secondary N) is 1. The summed E-state index contributed by atoms with van der Waals surface area (Å²) in [5.74, 6) is 2.19. The Morgan fingerprint density at radius 3 is 2.81 bits per heavy atom. The molecular weight excluding hydrogens is 439 g/mol.